The Balaban J connectivity index is 1.96. The first-order chi connectivity index (χ1) is 9.06. The van der Waals surface area contributed by atoms with Gasteiger partial charge in [0.2, 0.25) is 0 Å². The molecule has 2 aromatic rings. The maximum absolute atomic E-state index is 4.31. The SMILES string of the molecule is Cc1cc(C)c(CCNc2ccc(Br)cn2)cc1C. The van der Waals surface area contributed by atoms with Gasteiger partial charge in [0.05, 0.1) is 0 Å². The predicted octanol–water partition coefficient (Wildman–Crippen LogP) is 4.42. The van der Waals surface area contributed by atoms with Gasteiger partial charge in [-0.1, -0.05) is 12.1 Å². The van der Waals surface area contributed by atoms with Crippen molar-refractivity contribution in [3.05, 3.63) is 57.2 Å². The molecule has 1 N–H and O–H groups in total. The first-order valence-corrected chi connectivity index (χ1v) is 7.27. The summed E-state index contributed by atoms with van der Waals surface area (Å²) in [6.07, 6.45) is 2.83. The molecule has 0 fully saturated rings. The number of hydrogen-bond donors (Lipinski definition) is 1. The van der Waals surface area contributed by atoms with Gasteiger partial charge in [-0.15, -0.1) is 0 Å². The number of aryl methyl sites for hydroxylation is 3. The Hall–Kier alpha value is -1.35. The number of nitrogens with zero attached hydrogens (tertiary/aromatic N) is 1. The standard InChI is InChI=1S/C16H19BrN2/c1-11-8-13(3)14(9-12(11)2)6-7-18-16-5-4-15(17)10-19-16/h4-5,8-10H,6-7H2,1-3H3,(H,18,19). The lowest BCUT2D eigenvalue weighted by molar-refractivity contribution is 0.987. The van der Waals surface area contributed by atoms with Gasteiger partial charge in [-0.05, 0) is 77.5 Å². The Bertz CT molecular complexity index is 562. The predicted molar refractivity (Wildman–Crippen MR) is 84.8 cm³/mol. The van der Waals surface area contributed by atoms with E-state index in [0.29, 0.717) is 0 Å². The van der Waals surface area contributed by atoms with Crippen molar-refractivity contribution in [1.82, 2.24) is 4.98 Å². The minimum atomic E-state index is 0.901. The highest BCUT2D eigenvalue weighted by molar-refractivity contribution is 9.10. The molecule has 3 heteroatoms. The van der Waals surface area contributed by atoms with E-state index in [1.807, 2.05) is 18.3 Å². The van der Waals surface area contributed by atoms with Crippen molar-refractivity contribution in [1.29, 1.82) is 0 Å². The molecule has 0 atom stereocenters. The largest absolute Gasteiger partial charge is 0.370 e. The summed E-state index contributed by atoms with van der Waals surface area (Å²) in [4.78, 5) is 4.31. The second-order valence-corrected chi connectivity index (χ2v) is 5.82. The average molecular weight is 319 g/mol. The van der Waals surface area contributed by atoms with E-state index in [-0.39, 0.29) is 0 Å². The average Bonchev–Trinajstić information content (AvgIpc) is 2.38. The van der Waals surface area contributed by atoms with Crippen molar-refractivity contribution >= 4 is 21.7 Å². The molecule has 0 saturated carbocycles. The number of hydrogen-bond acceptors (Lipinski definition) is 2. The molecule has 0 aliphatic carbocycles. The molecule has 0 saturated heterocycles. The molecule has 0 aliphatic rings. The van der Waals surface area contributed by atoms with E-state index >= 15 is 0 Å². The Kier molecular flexibility index (Phi) is 4.59. The fraction of sp³-hybridized carbons (Fsp3) is 0.312. The third-order valence-corrected chi connectivity index (χ3v) is 3.85. The van der Waals surface area contributed by atoms with E-state index in [0.717, 1.165) is 23.3 Å². The van der Waals surface area contributed by atoms with Crippen LogP contribution in [0.3, 0.4) is 0 Å². The summed E-state index contributed by atoms with van der Waals surface area (Å²) in [6.45, 7) is 7.41. The lowest BCUT2D eigenvalue weighted by atomic mass is 9.99. The first kappa shape index (κ1) is 14.1. The molecule has 0 unspecified atom stereocenters. The van der Waals surface area contributed by atoms with Crippen LogP contribution in [0.25, 0.3) is 0 Å². The molecule has 0 bridgehead atoms. The Morgan fingerprint density at radius 3 is 2.47 bits per heavy atom. The monoisotopic (exact) mass is 318 g/mol. The molecular formula is C16H19BrN2. The molecule has 0 spiro atoms. The van der Waals surface area contributed by atoms with E-state index in [1.165, 1.54) is 22.3 Å². The van der Waals surface area contributed by atoms with Gasteiger partial charge in [0.1, 0.15) is 5.82 Å². The van der Waals surface area contributed by atoms with Crippen LogP contribution in [0.1, 0.15) is 22.3 Å². The van der Waals surface area contributed by atoms with Crippen LogP contribution in [-0.4, -0.2) is 11.5 Å². The van der Waals surface area contributed by atoms with Crippen molar-refractivity contribution in [2.24, 2.45) is 0 Å². The topological polar surface area (TPSA) is 24.9 Å². The quantitative estimate of drug-likeness (QED) is 0.902. The van der Waals surface area contributed by atoms with Gasteiger partial charge in [0.25, 0.3) is 0 Å². The summed E-state index contributed by atoms with van der Waals surface area (Å²) in [5.74, 6) is 0.921. The zero-order valence-corrected chi connectivity index (χ0v) is 13.2. The summed E-state index contributed by atoms with van der Waals surface area (Å²) in [6, 6.07) is 8.54. The lowest BCUT2D eigenvalue weighted by Crippen LogP contribution is -2.07. The van der Waals surface area contributed by atoms with Crippen LogP contribution in [0.5, 0.6) is 0 Å². The van der Waals surface area contributed by atoms with E-state index in [2.05, 4.69) is 59.1 Å². The number of benzene rings is 1. The molecular weight excluding hydrogens is 300 g/mol. The molecule has 2 nitrogen and oxygen atoms in total. The molecule has 0 radical (unpaired) electrons. The van der Waals surface area contributed by atoms with E-state index in [4.69, 9.17) is 0 Å². The van der Waals surface area contributed by atoms with Gasteiger partial charge in [-0.3, -0.25) is 0 Å². The van der Waals surface area contributed by atoms with Crippen LogP contribution in [0, 0.1) is 20.8 Å². The van der Waals surface area contributed by atoms with Crippen LogP contribution >= 0.6 is 15.9 Å². The molecule has 1 aromatic carbocycles. The second kappa shape index (κ2) is 6.20. The summed E-state index contributed by atoms with van der Waals surface area (Å²) in [7, 11) is 0. The van der Waals surface area contributed by atoms with Crippen LogP contribution in [0.15, 0.2) is 34.9 Å². The Labute approximate surface area is 123 Å². The number of aromatic nitrogens is 1. The van der Waals surface area contributed by atoms with Crippen LogP contribution < -0.4 is 5.32 Å². The lowest BCUT2D eigenvalue weighted by Gasteiger charge is -2.11. The van der Waals surface area contributed by atoms with Crippen LogP contribution in [0.2, 0.25) is 0 Å². The van der Waals surface area contributed by atoms with E-state index in [9.17, 15) is 0 Å². The minimum Gasteiger partial charge on any atom is -0.370 e. The number of halogens is 1. The van der Waals surface area contributed by atoms with Gasteiger partial charge in [0.15, 0.2) is 0 Å². The maximum Gasteiger partial charge on any atom is 0.125 e. The molecule has 1 heterocycles. The summed E-state index contributed by atoms with van der Waals surface area (Å²) in [5, 5.41) is 3.35. The number of anilines is 1. The molecule has 2 rings (SSSR count). The fourth-order valence-corrected chi connectivity index (χ4v) is 2.33. The zero-order chi connectivity index (χ0) is 13.8. The second-order valence-electron chi connectivity index (χ2n) is 4.90. The van der Waals surface area contributed by atoms with Crippen molar-refractivity contribution in [3.63, 3.8) is 0 Å². The molecule has 1 aromatic heterocycles. The maximum atomic E-state index is 4.31. The molecule has 0 aliphatic heterocycles. The summed E-state index contributed by atoms with van der Waals surface area (Å²) >= 11 is 3.38. The molecule has 19 heavy (non-hydrogen) atoms. The highest BCUT2D eigenvalue weighted by Gasteiger charge is 2.02. The van der Waals surface area contributed by atoms with Gasteiger partial charge in [-0.2, -0.15) is 0 Å². The zero-order valence-electron chi connectivity index (χ0n) is 11.6. The highest BCUT2D eigenvalue weighted by atomic mass is 79.9. The van der Waals surface area contributed by atoms with Gasteiger partial charge in [0, 0.05) is 17.2 Å². The summed E-state index contributed by atoms with van der Waals surface area (Å²) < 4.78 is 1.00. The van der Waals surface area contributed by atoms with Gasteiger partial charge < -0.3 is 5.32 Å². The van der Waals surface area contributed by atoms with Crippen LogP contribution in [-0.2, 0) is 6.42 Å². The van der Waals surface area contributed by atoms with Gasteiger partial charge >= 0.3 is 0 Å². The van der Waals surface area contributed by atoms with Crippen molar-refractivity contribution in [3.8, 4) is 0 Å². The number of nitrogens with one attached hydrogen (secondary N) is 1. The molecule has 100 valence electrons. The normalized spacial score (nSPS) is 10.5. The third kappa shape index (κ3) is 3.80. The first-order valence-electron chi connectivity index (χ1n) is 6.48. The number of pyridine rings is 1. The van der Waals surface area contributed by atoms with E-state index < -0.39 is 0 Å². The number of rotatable bonds is 4. The van der Waals surface area contributed by atoms with Crippen molar-refractivity contribution in [2.75, 3.05) is 11.9 Å². The smallest absolute Gasteiger partial charge is 0.125 e. The highest BCUT2D eigenvalue weighted by Crippen LogP contribution is 2.16. The fourth-order valence-electron chi connectivity index (χ4n) is 2.10. The van der Waals surface area contributed by atoms with Crippen molar-refractivity contribution < 1.29 is 0 Å². The van der Waals surface area contributed by atoms with Gasteiger partial charge in [-0.25, -0.2) is 4.98 Å². The van der Waals surface area contributed by atoms with E-state index in [1.54, 1.807) is 0 Å². The van der Waals surface area contributed by atoms with Crippen LogP contribution in [0.4, 0.5) is 5.82 Å². The Morgan fingerprint density at radius 2 is 1.79 bits per heavy atom. The summed E-state index contributed by atoms with van der Waals surface area (Å²) in [5.41, 5.74) is 5.51. The Morgan fingerprint density at radius 1 is 1.05 bits per heavy atom. The minimum absolute atomic E-state index is 0.901. The molecule has 0 amide bonds. The third-order valence-electron chi connectivity index (χ3n) is 3.38. The van der Waals surface area contributed by atoms with Crippen molar-refractivity contribution in [2.45, 2.75) is 27.2 Å².